The third-order valence-corrected chi connectivity index (χ3v) is 3.09. The zero-order chi connectivity index (χ0) is 10.7. The van der Waals surface area contributed by atoms with Gasteiger partial charge in [-0.2, -0.15) is 0 Å². The highest BCUT2D eigenvalue weighted by molar-refractivity contribution is 6.17. The second kappa shape index (κ2) is 4.54. The van der Waals surface area contributed by atoms with E-state index in [9.17, 15) is 0 Å². The molecule has 1 atom stereocenters. The molecule has 2 heterocycles. The van der Waals surface area contributed by atoms with Crippen molar-refractivity contribution in [3.05, 3.63) is 17.8 Å². The van der Waals surface area contributed by atoms with Crippen LogP contribution in [0.5, 0.6) is 0 Å². The second-order valence-electron chi connectivity index (χ2n) is 4.09. The molecule has 0 radical (unpaired) electrons. The third kappa shape index (κ3) is 2.34. The van der Waals surface area contributed by atoms with Crippen LogP contribution in [0.15, 0.2) is 10.6 Å². The maximum absolute atomic E-state index is 5.68. The summed E-state index contributed by atoms with van der Waals surface area (Å²) in [6, 6.07) is 0. The smallest absolute Gasteiger partial charge is 0.194 e. The molecule has 0 spiro atoms. The molecule has 0 amide bonds. The van der Waals surface area contributed by atoms with Crippen LogP contribution >= 0.6 is 11.6 Å². The molecule has 0 saturated carbocycles. The average molecular weight is 230 g/mol. The van der Waals surface area contributed by atoms with Crippen molar-refractivity contribution in [3.63, 3.8) is 0 Å². The Balaban J connectivity index is 2.05. The number of aromatic nitrogens is 1. The summed E-state index contributed by atoms with van der Waals surface area (Å²) in [5.41, 5.74) is -0.258. The van der Waals surface area contributed by atoms with E-state index in [4.69, 9.17) is 20.8 Å². The molecule has 0 N–H and O–H groups in total. The molecule has 1 saturated heterocycles. The Labute approximate surface area is 94.8 Å². The van der Waals surface area contributed by atoms with Gasteiger partial charge in [0.25, 0.3) is 0 Å². The summed E-state index contributed by atoms with van der Waals surface area (Å²) >= 11 is 5.62. The first-order valence-corrected chi connectivity index (χ1v) is 5.93. The fourth-order valence-electron chi connectivity index (χ4n) is 1.86. The van der Waals surface area contributed by atoms with Crippen LogP contribution in [-0.4, -0.2) is 17.5 Å². The van der Waals surface area contributed by atoms with Crippen molar-refractivity contribution in [2.75, 3.05) is 12.5 Å². The Bertz CT molecular complexity index is 318. The standard InChI is InChI=1S/C11H16ClNO2/c1-11(5-3-7-14-11)9-8-13-10(15-9)4-2-6-12/h8H,2-7H2,1H3. The lowest BCUT2D eigenvalue weighted by Crippen LogP contribution is -2.18. The predicted octanol–water partition coefficient (Wildman–Crippen LogP) is 2.87. The molecule has 1 aromatic rings. The monoisotopic (exact) mass is 229 g/mol. The highest BCUT2D eigenvalue weighted by Gasteiger charge is 2.35. The van der Waals surface area contributed by atoms with E-state index in [0.29, 0.717) is 5.88 Å². The SMILES string of the molecule is CC1(c2cnc(CCCCl)o2)CCCO1. The Kier molecular flexibility index (Phi) is 3.32. The molecule has 0 aliphatic carbocycles. The Morgan fingerprint density at radius 2 is 2.47 bits per heavy atom. The average Bonchev–Trinajstić information content (AvgIpc) is 2.84. The van der Waals surface area contributed by atoms with E-state index in [0.717, 1.165) is 43.9 Å². The highest BCUT2D eigenvalue weighted by atomic mass is 35.5. The molecular weight excluding hydrogens is 214 g/mol. The van der Waals surface area contributed by atoms with E-state index in [-0.39, 0.29) is 5.60 Å². The van der Waals surface area contributed by atoms with E-state index in [1.165, 1.54) is 0 Å². The van der Waals surface area contributed by atoms with E-state index in [1.54, 1.807) is 6.20 Å². The molecule has 0 bridgehead atoms. The van der Waals surface area contributed by atoms with Crippen LogP contribution in [0.2, 0.25) is 0 Å². The molecule has 15 heavy (non-hydrogen) atoms. The number of hydrogen-bond donors (Lipinski definition) is 0. The van der Waals surface area contributed by atoms with Gasteiger partial charge in [-0.3, -0.25) is 0 Å². The maximum atomic E-state index is 5.68. The molecule has 1 unspecified atom stereocenters. The van der Waals surface area contributed by atoms with Crippen molar-refractivity contribution in [2.24, 2.45) is 0 Å². The summed E-state index contributed by atoms with van der Waals surface area (Å²) in [7, 11) is 0. The fraction of sp³-hybridized carbons (Fsp3) is 0.727. The molecule has 1 fully saturated rings. The first-order valence-electron chi connectivity index (χ1n) is 5.40. The van der Waals surface area contributed by atoms with Crippen molar-refractivity contribution in [2.45, 2.75) is 38.2 Å². The van der Waals surface area contributed by atoms with Crippen molar-refractivity contribution in [3.8, 4) is 0 Å². The fourth-order valence-corrected chi connectivity index (χ4v) is 2.00. The summed E-state index contributed by atoms with van der Waals surface area (Å²) in [4.78, 5) is 4.24. The molecule has 1 aliphatic heterocycles. The summed E-state index contributed by atoms with van der Waals surface area (Å²) in [6.45, 7) is 2.88. The number of rotatable bonds is 4. The van der Waals surface area contributed by atoms with Gasteiger partial charge in [-0.05, 0) is 26.2 Å². The molecule has 1 aromatic heterocycles. The Morgan fingerprint density at radius 1 is 1.60 bits per heavy atom. The van der Waals surface area contributed by atoms with Gasteiger partial charge in [-0.15, -0.1) is 11.6 Å². The summed E-state index contributed by atoms with van der Waals surface area (Å²) in [6.07, 6.45) is 5.60. The number of alkyl halides is 1. The van der Waals surface area contributed by atoms with Gasteiger partial charge in [-0.1, -0.05) is 0 Å². The van der Waals surface area contributed by atoms with Gasteiger partial charge in [0.1, 0.15) is 5.60 Å². The number of nitrogens with zero attached hydrogens (tertiary/aromatic N) is 1. The second-order valence-corrected chi connectivity index (χ2v) is 4.47. The minimum atomic E-state index is -0.258. The first kappa shape index (κ1) is 11.0. The van der Waals surface area contributed by atoms with E-state index < -0.39 is 0 Å². The summed E-state index contributed by atoms with van der Waals surface area (Å²) in [5.74, 6) is 2.26. The lowest BCUT2D eigenvalue weighted by atomic mass is 10.0. The quantitative estimate of drug-likeness (QED) is 0.745. The number of halogens is 1. The normalized spacial score (nSPS) is 26.0. The van der Waals surface area contributed by atoms with Gasteiger partial charge in [0.05, 0.1) is 6.20 Å². The number of oxazole rings is 1. The van der Waals surface area contributed by atoms with E-state index in [1.807, 2.05) is 0 Å². The minimum absolute atomic E-state index is 0.258. The van der Waals surface area contributed by atoms with Gasteiger partial charge in [0.2, 0.25) is 0 Å². The van der Waals surface area contributed by atoms with E-state index >= 15 is 0 Å². The first-order chi connectivity index (χ1) is 7.24. The van der Waals surface area contributed by atoms with Crippen LogP contribution in [0.3, 0.4) is 0 Å². The van der Waals surface area contributed by atoms with Crippen molar-refractivity contribution in [1.82, 2.24) is 4.98 Å². The van der Waals surface area contributed by atoms with Crippen LogP contribution in [0.1, 0.15) is 37.8 Å². The zero-order valence-electron chi connectivity index (χ0n) is 8.96. The Hall–Kier alpha value is -0.540. The van der Waals surface area contributed by atoms with Crippen molar-refractivity contribution >= 4 is 11.6 Å². The topological polar surface area (TPSA) is 35.3 Å². The molecule has 1 aliphatic rings. The minimum Gasteiger partial charge on any atom is -0.443 e. The summed E-state index contributed by atoms with van der Waals surface area (Å²) < 4.78 is 11.4. The molecule has 4 heteroatoms. The number of aryl methyl sites for hydroxylation is 1. The lowest BCUT2D eigenvalue weighted by Gasteiger charge is -2.19. The zero-order valence-corrected chi connectivity index (χ0v) is 9.72. The summed E-state index contributed by atoms with van der Waals surface area (Å²) in [5, 5.41) is 0. The largest absolute Gasteiger partial charge is 0.443 e. The van der Waals surface area contributed by atoms with Gasteiger partial charge in [-0.25, -0.2) is 4.98 Å². The van der Waals surface area contributed by atoms with Crippen molar-refractivity contribution < 1.29 is 9.15 Å². The van der Waals surface area contributed by atoms with Crippen LogP contribution < -0.4 is 0 Å². The van der Waals surface area contributed by atoms with Crippen LogP contribution in [-0.2, 0) is 16.8 Å². The predicted molar refractivity (Wildman–Crippen MR) is 58.1 cm³/mol. The molecular formula is C11H16ClNO2. The van der Waals surface area contributed by atoms with Gasteiger partial charge in [0.15, 0.2) is 11.7 Å². The maximum Gasteiger partial charge on any atom is 0.194 e. The Morgan fingerprint density at radius 3 is 3.13 bits per heavy atom. The molecule has 0 aromatic carbocycles. The molecule has 3 nitrogen and oxygen atoms in total. The van der Waals surface area contributed by atoms with Crippen molar-refractivity contribution in [1.29, 1.82) is 0 Å². The van der Waals surface area contributed by atoms with Gasteiger partial charge in [0, 0.05) is 18.9 Å². The van der Waals surface area contributed by atoms with Crippen LogP contribution in [0.25, 0.3) is 0 Å². The number of hydrogen-bond acceptors (Lipinski definition) is 3. The molecule has 84 valence electrons. The highest BCUT2D eigenvalue weighted by Crippen LogP contribution is 2.35. The van der Waals surface area contributed by atoms with Gasteiger partial charge < -0.3 is 9.15 Å². The number of ether oxygens (including phenoxy) is 1. The van der Waals surface area contributed by atoms with Crippen LogP contribution in [0, 0.1) is 0 Å². The molecule has 2 rings (SSSR count). The third-order valence-electron chi connectivity index (χ3n) is 2.82. The van der Waals surface area contributed by atoms with Crippen LogP contribution in [0.4, 0.5) is 0 Å². The van der Waals surface area contributed by atoms with Gasteiger partial charge >= 0.3 is 0 Å². The lowest BCUT2D eigenvalue weighted by molar-refractivity contribution is -0.00163. The van der Waals surface area contributed by atoms with E-state index in [2.05, 4.69) is 11.9 Å².